The van der Waals surface area contributed by atoms with Gasteiger partial charge in [-0.3, -0.25) is 0 Å². The minimum atomic E-state index is -1.77. The number of ether oxygens (including phenoxy) is 1. The number of fused-ring (bicyclic) bond motifs is 1. The molecule has 0 aromatic heterocycles. The molecule has 0 fully saturated rings. The molecule has 218 valence electrons. The maximum absolute atomic E-state index is 13.8. The summed E-state index contributed by atoms with van der Waals surface area (Å²) in [5.41, 5.74) is 2.66. The summed E-state index contributed by atoms with van der Waals surface area (Å²) < 4.78 is 7.92. The highest BCUT2D eigenvalue weighted by atomic mass is 79.9. The molecule has 1 aliphatic rings. The van der Waals surface area contributed by atoms with Gasteiger partial charge in [0.2, 0.25) is 0 Å². The zero-order valence-corrected chi connectivity index (χ0v) is 27.0. The average molecular weight is 688 g/mol. The lowest BCUT2D eigenvalue weighted by molar-refractivity contribution is 0.0231. The zero-order valence-electron chi connectivity index (χ0n) is 23.9. The molecule has 0 saturated carbocycles. The summed E-state index contributed by atoms with van der Waals surface area (Å²) in [5, 5.41) is 33.6. The maximum atomic E-state index is 13.8. The van der Waals surface area contributed by atoms with Crippen molar-refractivity contribution in [3.05, 3.63) is 89.3 Å². The Bertz CT molecular complexity index is 1440. The fourth-order valence-electron chi connectivity index (χ4n) is 6.32. The SMILES string of the molecule is CCCc1c(Br)cc(O)c(C2(c3c(O)cc(Br)c(CCC)c3CCC)OC(=O)c3c(C(=O)O)cccc32)c1CCC. The number of aromatic carboxylic acids is 1. The third-order valence-electron chi connectivity index (χ3n) is 7.78. The number of carbonyl (C=O) groups is 2. The maximum Gasteiger partial charge on any atom is 0.341 e. The van der Waals surface area contributed by atoms with Crippen LogP contribution in [0.5, 0.6) is 11.5 Å². The Kier molecular flexibility index (Phi) is 9.54. The third kappa shape index (κ3) is 5.18. The van der Waals surface area contributed by atoms with Gasteiger partial charge in [-0.15, -0.1) is 0 Å². The van der Waals surface area contributed by atoms with E-state index in [-0.39, 0.29) is 22.6 Å². The zero-order chi connectivity index (χ0) is 30.1. The summed E-state index contributed by atoms with van der Waals surface area (Å²) in [6.45, 7) is 8.23. The number of aromatic hydroxyl groups is 2. The van der Waals surface area contributed by atoms with E-state index < -0.39 is 17.5 Å². The molecule has 0 aliphatic carbocycles. The standard InChI is InChI=1S/C33H36Br2O6/c1-5-10-18-20(12-7-3)29(26(36)16-24(18)34)33(23-15-9-14-22(31(38)39)28(23)32(40)41-33)30-21(13-8-4)19(11-6-2)25(35)17-27(30)37/h9,14-17,36-37H,5-8,10-13H2,1-4H3,(H,38,39). The van der Waals surface area contributed by atoms with Gasteiger partial charge in [0.15, 0.2) is 5.60 Å². The smallest absolute Gasteiger partial charge is 0.341 e. The summed E-state index contributed by atoms with van der Waals surface area (Å²) in [5.74, 6) is -2.25. The Balaban J connectivity index is 2.32. The molecule has 0 saturated heterocycles. The van der Waals surface area contributed by atoms with Crippen LogP contribution in [0.15, 0.2) is 39.3 Å². The van der Waals surface area contributed by atoms with Crippen LogP contribution < -0.4 is 0 Å². The van der Waals surface area contributed by atoms with Crippen molar-refractivity contribution >= 4 is 43.8 Å². The van der Waals surface area contributed by atoms with Crippen molar-refractivity contribution in [1.29, 1.82) is 0 Å². The van der Waals surface area contributed by atoms with E-state index >= 15 is 0 Å². The van der Waals surface area contributed by atoms with Crippen molar-refractivity contribution < 1.29 is 29.6 Å². The van der Waals surface area contributed by atoms with Gasteiger partial charge in [-0.1, -0.05) is 97.4 Å². The van der Waals surface area contributed by atoms with E-state index in [1.54, 1.807) is 24.3 Å². The molecule has 0 amide bonds. The van der Waals surface area contributed by atoms with E-state index in [0.29, 0.717) is 42.4 Å². The highest BCUT2D eigenvalue weighted by Gasteiger charge is 2.55. The number of cyclic esters (lactones) is 1. The second-order valence-corrected chi connectivity index (χ2v) is 12.2. The summed E-state index contributed by atoms with van der Waals surface area (Å²) >= 11 is 7.31. The van der Waals surface area contributed by atoms with Crippen LogP contribution in [0.1, 0.15) is 113 Å². The topological polar surface area (TPSA) is 104 Å². The number of phenols is 2. The summed E-state index contributed by atoms with van der Waals surface area (Å²) in [4.78, 5) is 26.1. The lowest BCUT2D eigenvalue weighted by Gasteiger charge is -2.36. The molecule has 3 aromatic carbocycles. The van der Waals surface area contributed by atoms with Crippen molar-refractivity contribution in [2.24, 2.45) is 0 Å². The number of esters is 1. The summed E-state index contributed by atoms with van der Waals surface area (Å²) in [6, 6.07) is 7.89. The second kappa shape index (κ2) is 12.6. The molecule has 1 aliphatic heterocycles. The normalized spacial score (nSPS) is 13.8. The van der Waals surface area contributed by atoms with Crippen LogP contribution in [0, 0.1) is 0 Å². The molecular formula is C33H36Br2O6. The minimum Gasteiger partial charge on any atom is -0.507 e. The lowest BCUT2D eigenvalue weighted by atomic mass is 9.72. The number of hydrogen-bond acceptors (Lipinski definition) is 5. The van der Waals surface area contributed by atoms with Crippen molar-refractivity contribution in [3.8, 4) is 11.5 Å². The Morgan fingerprint density at radius 3 is 1.63 bits per heavy atom. The van der Waals surface area contributed by atoms with Crippen molar-refractivity contribution in [2.45, 2.75) is 84.7 Å². The largest absolute Gasteiger partial charge is 0.507 e. The lowest BCUT2D eigenvalue weighted by Crippen LogP contribution is -2.33. The summed E-state index contributed by atoms with van der Waals surface area (Å²) in [7, 11) is 0. The minimum absolute atomic E-state index is 0.0661. The fraction of sp³-hybridized carbons (Fsp3) is 0.394. The molecule has 0 atom stereocenters. The highest BCUT2D eigenvalue weighted by Crippen LogP contribution is 2.57. The molecule has 4 rings (SSSR count). The molecule has 41 heavy (non-hydrogen) atoms. The Morgan fingerprint density at radius 1 is 0.780 bits per heavy atom. The predicted molar refractivity (Wildman–Crippen MR) is 166 cm³/mol. The molecule has 1 heterocycles. The van der Waals surface area contributed by atoms with Gasteiger partial charge in [0.1, 0.15) is 11.5 Å². The number of halogens is 2. The second-order valence-electron chi connectivity index (χ2n) is 10.5. The molecule has 0 spiro atoms. The first-order chi connectivity index (χ1) is 19.6. The number of hydrogen-bond donors (Lipinski definition) is 3. The van der Waals surface area contributed by atoms with Gasteiger partial charge in [0.25, 0.3) is 0 Å². The molecule has 6 nitrogen and oxygen atoms in total. The van der Waals surface area contributed by atoms with Crippen LogP contribution >= 0.6 is 31.9 Å². The Hall–Kier alpha value is -2.84. The van der Waals surface area contributed by atoms with Crippen LogP contribution in [0.4, 0.5) is 0 Å². The van der Waals surface area contributed by atoms with Gasteiger partial charge in [0, 0.05) is 14.5 Å². The van der Waals surface area contributed by atoms with Crippen molar-refractivity contribution in [2.75, 3.05) is 0 Å². The van der Waals surface area contributed by atoms with Crippen molar-refractivity contribution in [1.82, 2.24) is 0 Å². The van der Waals surface area contributed by atoms with Gasteiger partial charge in [0.05, 0.1) is 22.3 Å². The van der Waals surface area contributed by atoms with Crippen LogP contribution in [-0.2, 0) is 36.0 Å². The first-order valence-electron chi connectivity index (χ1n) is 14.3. The molecule has 0 unspecified atom stereocenters. The van der Waals surface area contributed by atoms with Crippen molar-refractivity contribution in [3.63, 3.8) is 0 Å². The van der Waals surface area contributed by atoms with E-state index in [2.05, 4.69) is 45.7 Å². The van der Waals surface area contributed by atoms with Gasteiger partial charge < -0.3 is 20.1 Å². The van der Waals surface area contributed by atoms with Crippen LogP contribution in [0.3, 0.4) is 0 Å². The quantitative estimate of drug-likeness (QED) is 0.175. The number of carboxylic acid groups (broad SMARTS) is 1. The number of benzene rings is 3. The average Bonchev–Trinajstić information content (AvgIpc) is 3.21. The summed E-state index contributed by atoms with van der Waals surface area (Å²) in [6.07, 6.45) is 5.77. The molecule has 0 bridgehead atoms. The van der Waals surface area contributed by atoms with E-state index in [1.165, 1.54) is 6.07 Å². The van der Waals surface area contributed by atoms with E-state index in [4.69, 9.17) is 4.74 Å². The first kappa shape index (κ1) is 31.1. The number of carboxylic acids is 1. The van der Waals surface area contributed by atoms with E-state index in [1.807, 2.05) is 13.8 Å². The van der Waals surface area contributed by atoms with Gasteiger partial charge in [-0.25, -0.2) is 9.59 Å². The molecule has 8 heteroatoms. The molecular weight excluding hydrogens is 652 g/mol. The molecule has 0 radical (unpaired) electrons. The Labute approximate surface area is 258 Å². The van der Waals surface area contributed by atoms with Gasteiger partial charge in [-0.05, 0) is 66.1 Å². The Morgan fingerprint density at radius 2 is 1.22 bits per heavy atom. The monoisotopic (exact) mass is 686 g/mol. The third-order valence-corrected chi connectivity index (χ3v) is 9.19. The molecule has 3 aromatic rings. The predicted octanol–water partition coefficient (Wildman–Crippen LogP) is 8.59. The number of rotatable bonds is 11. The van der Waals surface area contributed by atoms with Crippen LogP contribution in [0.25, 0.3) is 0 Å². The van der Waals surface area contributed by atoms with Crippen LogP contribution in [0.2, 0.25) is 0 Å². The number of phenolic OH excluding ortho intramolecular Hbond substituents is 2. The number of carbonyl (C=O) groups excluding carboxylic acids is 1. The first-order valence-corrected chi connectivity index (χ1v) is 15.8. The van der Waals surface area contributed by atoms with E-state index in [0.717, 1.165) is 56.9 Å². The van der Waals surface area contributed by atoms with E-state index in [9.17, 15) is 24.9 Å². The highest BCUT2D eigenvalue weighted by molar-refractivity contribution is 9.10. The fourth-order valence-corrected chi connectivity index (χ4v) is 7.63. The van der Waals surface area contributed by atoms with Gasteiger partial charge >= 0.3 is 11.9 Å². The van der Waals surface area contributed by atoms with Crippen LogP contribution in [-0.4, -0.2) is 27.3 Å². The molecule has 3 N–H and O–H groups in total. The van der Waals surface area contributed by atoms with Gasteiger partial charge in [-0.2, -0.15) is 0 Å².